The fraction of sp³-hybridized carbons (Fsp3) is 0.625. The smallest absolute Gasteiger partial charge is 0.407 e. The molecule has 32 heavy (non-hydrogen) atoms. The summed E-state index contributed by atoms with van der Waals surface area (Å²) >= 11 is 0. The van der Waals surface area contributed by atoms with Gasteiger partial charge in [0.2, 0.25) is 11.8 Å². The van der Waals surface area contributed by atoms with Gasteiger partial charge < -0.3 is 25.0 Å². The van der Waals surface area contributed by atoms with E-state index in [4.69, 9.17) is 9.47 Å². The molecule has 1 aromatic carbocycles. The lowest BCUT2D eigenvalue weighted by molar-refractivity contribution is -0.132. The topological polar surface area (TPSA) is 97.0 Å². The van der Waals surface area contributed by atoms with Crippen LogP contribution in [0.5, 0.6) is 5.75 Å². The number of likely N-dealkylation sites (tertiary alicyclic amines) is 1. The molecule has 0 atom stereocenters. The molecule has 0 bridgehead atoms. The summed E-state index contributed by atoms with van der Waals surface area (Å²) in [4.78, 5) is 38.0. The first-order valence-electron chi connectivity index (χ1n) is 11.4. The maximum absolute atomic E-state index is 12.4. The zero-order chi connectivity index (χ0) is 23.6. The number of nitrogens with zero attached hydrogens (tertiary/aromatic N) is 1. The van der Waals surface area contributed by atoms with Gasteiger partial charge in [0.05, 0.1) is 6.61 Å². The second kappa shape index (κ2) is 12.3. The molecule has 178 valence electrons. The summed E-state index contributed by atoms with van der Waals surface area (Å²) in [5.74, 6) is 0.877. The number of aryl methyl sites for hydroxylation is 1. The second-order valence-corrected chi connectivity index (χ2v) is 9.12. The SMILES string of the molecule is Cc1ccccc1OCCCC(=O)N1CCC(NC(=O)CCNC(=O)OC(C)(C)C)CC1. The van der Waals surface area contributed by atoms with Crippen LogP contribution < -0.4 is 15.4 Å². The molecule has 1 fully saturated rings. The first kappa shape index (κ1) is 25.5. The number of hydrogen-bond acceptors (Lipinski definition) is 5. The molecule has 1 saturated heterocycles. The van der Waals surface area contributed by atoms with Crippen LogP contribution in [0.1, 0.15) is 58.4 Å². The Morgan fingerprint density at radius 3 is 2.44 bits per heavy atom. The molecule has 2 rings (SSSR count). The summed E-state index contributed by atoms with van der Waals surface area (Å²) < 4.78 is 10.9. The number of amides is 3. The number of hydrogen-bond donors (Lipinski definition) is 2. The van der Waals surface area contributed by atoms with E-state index in [-0.39, 0.29) is 30.8 Å². The first-order valence-corrected chi connectivity index (χ1v) is 11.4. The number of carbonyl (C=O) groups is 3. The molecule has 0 aliphatic carbocycles. The van der Waals surface area contributed by atoms with E-state index in [1.54, 1.807) is 20.8 Å². The van der Waals surface area contributed by atoms with Crippen LogP contribution in [0.2, 0.25) is 0 Å². The summed E-state index contributed by atoms with van der Waals surface area (Å²) in [6.45, 7) is 9.38. The molecule has 1 aliphatic rings. The number of carbonyl (C=O) groups excluding carboxylic acids is 3. The summed E-state index contributed by atoms with van der Waals surface area (Å²) in [5, 5.41) is 5.57. The number of nitrogens with one attached hydrogen (secondary N) is 2. The summed E-state index contributed by atoms with van der Waals surface area (Å²) in [6.07, 6.45) is 2.27. The lowest BCUT2D eigenvalue weighted by Crippen LogP contribution is -2.47. The van der Waals surface area contributed by atoms with Gasteiger partial charge in [-0.3, -0.25) is 9.59 Å². The van der Waals surface area contributed by atoms with Gasteiger partial charge in [0.15, 0.2) is 0 Å². The fourth-order valence-electron chi connectivity index (χ4n) is 3.45. The zero-order valence-corrected chi connectivity index (χ0v) is 19.7. The van der Waals surface area contributed by atoms with Gasteiger partial charge in [-0.1, -0.05) is 18.2 Å². The molecule has 1 heterocycles. The number of rotatable bonds is 9. The van der Waals surface area contributed by atoms with E-state index in [9.17, 15) is 14.4 Å². The minimum Gasteiger partial charge on any atom is -0.493 e. The van der Waals surface area contributed by atoms with Gasteiger partial charge in [-0.05, 0) is 58.6 Å². The van der Waals surface area contributed by atoms with Gasteiger partial charge in [-0.25, -0.2) is 4.79 Å². The van der Waals surface area contributed by atoms with E-state index in [1.165, 1.54) is 0 Å². The maximum Gasteiger partial charge on any atom is 0.407 e. The highest BCUT2D eigenvalue weighted by atomic mass is 16.6. The highest BCUT2D eigenvalue weighted by molar-refractivity contribution is 5.78. The highest BCUT2D eigenvalue weighted by Gasteiger charge is 2.23. The van der Waals surface area contributed by atoms with Crippen molar-refractivity contribution in [3.63, 3.8) is 0 Å². The molecule has 1 aromatic rings. The monoisotopic (exact) mass is 447 g/mol. The average Bonchev–Trinajstić information content (AvgIpc) is 2.71. The molecule has 0 unspecified atom stereocenters. The van der Waals surface area contributed by atoms with Crippen molar-refractivity contribution < 1.29 is 23.9 Å². The van der Waals surface area contributed by atoms with Crippen LogP contribution >= 0.6 is 0 Å². The van der Waals surface area contributed by atoms with Crippen LogP contribution in [0.4, 0.5) is 4.79 Å². The fourth-order valence-corrected chi connectivity index (χ4v) is 3.45. The van der Waals surface area contributed by atoms with Gasteiger partial charge in [0, 0.05) is 38.5 Å². The molecule has 0 radical (unpaired) electrons. The van der Waals surface area contributed by atoms with Crippen molar-refractivity contribution >= 4 is 17.9 Å². The Morgan fingerprint density at radius 2 is 1.78 bits per heavy atom. The van der Waals surface area contributed by atoms with Crippen molar-refractivity contribution in [3.8, 4) is 5.75 Å². The van der Waals surface area contributed by atoms with Crippen LogP contribution in [0.3, 0.4) is 0 Å². The first-order chi connectivity index (χ1) is 15.1. The molecule has 0 spiro atoms. The third-order valence-electron chi connectivity index (χ3n) is 5.12. The average molecular weight is 448 g/mol. The van der Waals surface area contributed by atoms with Crippen molar-refractivity contribution in [1.82, 2.24) is 15.5 Å². The van der Waals surface area contributed by atoms with Crippen molar-refractivity contribution in [2.24, 2.45) is 0 Å². The molecule has 2 N–H and O–H groups in total. The van der Waals surface area contributed by atoms with Crippen LogP contribution in [-0.2, 0) is 14.3 Å². The van der Waals surface area contributed by atoms with E-state index in [0.29, 0.717) is 32.5 Å². The lowest BCUT2D eigenvalue weighted by atomic mass is 10.0. The van der Waals surface area contributed by atoms with Crippen LogP contribution in [0, 0.1) is 6.92 Å². The molecule has 3 amide bonds. The number of benzene rings is 1. The lowest BCUT2D eigenvalue weighted by Gasteiger charge is -2.32. The van der Waals surface area contributed by atoms with Gasteiger partial charge in [-0.15, -0.1) is 0 Å². The van der Waals surface area contributed by atoms with Crippen LogP contribution in [0.15, 0.2) is 24.3 Å². The number of ether oxygens (including phenoxy) is 2. The Labute approximate surface area is 191 Å². The van der Waals surface area contributed by atoms with Gasteiger partial charge in [0.25, 0.3) is 0 Å². The molecule has 8 heteroatoms. The molecular weight excluding hydrogens is 410 g/mol. The van der Waals surface area contributed by atoms with Crippen molar-refractivity contribution in [3.05, 3.63) is 29.8 Å². The van der Waals surface area contributed by atoms with Gasteiger partial charge in [0.1, 0.15) is 11.4 Å². The normalized spacial score (nSPS) is 14.6. The molecular formula is C24H37N3O5. The number of alkyl carbamates (subject to hydrolysis) is 1. The minimum atomic E-state index is -0.564. The zero-order valence-electron chi connectivity index (χ0n) is 19.7. The van der Waals surface area contributed by atoms with Gasteiger partial charge in [-0.2, -0.15) is 0 Å². The third-order valence-corrected chi connectivity index (χ3v) is 5.12. The van der Waals surface area contributed by atoms with E-state index < -0.39 is 11.7 Å². The Balaban J connectivity index is 1.57. The number of para-hydroxylation sites is 1. The quantitative estimate of drug-likeness (QED) is 0.567. The predicted octanol–water partition coefficient (Wildman–Crippen LogP) is 3.18. The Bertz CT molecular complexity index is 767. The highest BCUT2D eigenvalue weighted by Crippen LogP contribution is 2.17. The van der Waals surface area contributed by atoms with Crippen LogP contribution in [0.25, 0.3) is 0 Å². The van der Waals surface area contributed by atoms with Crippen molar-refractivity contribution in [2.45, 2.75) is 71.4 Å². The van der Waals surface area contributed by atoms with Crippen LogP contribution in [-0.4, -0.2) is 60.7 Å². The Morgan fingerprint density at radius 1 is 1.09 bits per heavy atom. The van der Waals surface area contributed by atoms with E-state index in [1.807, 2.05) is 36.1 Å². The van der Waals surface area contributed by atoms with E-state index in [2.05, 4.69) is 10.6 Å². The maximum atomic E-state index is 12.4. The Kier molecular flexibility index (Phi) is 9.81. The Hall–Kier alpha value is -2.77. The van der Waals surface area contributed by atoms with Crippen molar-refractivity contribution in [2.75, 3.05) is 26.2 Å². The van der Waals surface area contributed by atoms with Crippen molar-refractivity contribution in [1.29, 1.82) is 0 Å². The molecule has 0 saturated carbocycles. The predicted molar refractivity (Wildman–Crippen MR) is 123 cm³/mol. The third kappa shape index (κ3) is 9.58. The van der Waals surface area contributed by atoms with E-state index in [0.717, 1.165) is 24.2 Å². The molecule has 0 aromatic heterocycles. The van der Waals surface area contributed by atoms with Gasteiger partial charge >= 0.3 is 6.09 Å². The summed E-state index contributed by atoms with van der Waals surface area (Å²) in [6, 6.07) is 7.90. The summed E-state index contributed by atoms with van der Waals surface area (Å²) in [7, 11) is 0. The number of piperidine rings is 1. The minimum absolute atomic E-state index is 0.0532. The second-order valence-electron chi connectivity index (χ2n) is 9.12. The molecule has 1 aliphatic heterocycles. The largest absolute Gasteiger partial charge is 0.493 e. The molecule has 8 nitrogen and oxygen atoms in total. The van der Waals surface area contributed by atoms with E-state index >= 15 is 0 Å². The summed E-state index contributed by atoms with van der Waals surface area (Å²) in [5.41, 5.74) is 0.523. The standard InChI is InChI=1S/C24H37N3O5/c1-18-8-5-6-9-20(18)31-17-7-10-22(29)27-15-12-19(13-16-27)26-21(28)11-14-25-23(30)32-24(2,3)4/h5-6,8-9,19H,7,10-17H2,1-4H3,(H,25,30)(H,26,28).